The highest BCUT2D eigenvalue weighted by atomic mass is 32.2. The molecule has 0 radical (unpaired) electrons. The fourth-order valence-electron chi connectivity index (χ4n) is 3.23. The summed E-state index contributed by atoms with van der Waals surface area (Å²) in [6.07, 6.45) is 8.83. The first-order valence-corrected chi connectivity index (χ1v) is 10.2. The fraction of sp³-hybridized carbons (Fsp3) is 0.300. The third-order valence-electron chi connectivity index (χ3n) is 4.72. The van der Waals surface area contributed by atoms with Crippen molar-refractivity contribution in [3.63, 3.8) is 0 Å². The van der Waals surface area contributed by atoms with Crippen molar-refractivity contribution in [2.75, 3.05) is 36.8 Å². The molecule has 1 aliphatic rings. The van der Waals surface area contributed by atoms with Crippen LogP contribution in [-0.4, -0.2) is 62.3 Å². The van der Waals surface area contributed by atoms with Gasteiger partial charge in [0.05, 0.1) is 11.9 Å². The number of hydrogen-bond donors (Lipinski definition) is 0. The second-order valence-electron chi connectivity index (χ2n) is 6.64. The standard InChI is InChI=1S/C20H22N6OS/c1-16-3-2-4-17(13-16)26-8-7-23-20(26)28-15-19(27)25-11-9-24(10-12-25)18-14-21-5-6-22-18/h2-8,13-14H,9-12,15H2,1H3. The predicted molar refractivity (Wildman–Crippen MR) is 110 cm³/mol. The van der Waals surface area contributed by atoms with Crippen molar-refractivity contribution in [2.24, 2.45) is 0 Å². The topological polar surface area (TPSA) is 67.2 Å². The van der Waals surface area contributed by atoms with Gasteiger partial charge in [-0.1, -0.05) is 23.9 Å². The first-order valence-electron chi connectivity index (χ1n) is 9.22. The molecule has 0 bridgehead atoms. The molecule has 0 unspecified atom stereocenters. The molecule has 0 N–H and O–H groups in total. The van der Waals surface area contributed by atoms with E-state index in [4.69, 9.17) is 0 Å². The van der Waals surface area contributed by atoms with Crippen molar-refractivity contribution < 1.29 is 4.79 Å². The van der Waals surface area contributed by atoms with E-state index >= 15 is 0 Å². The molecule has 8 heteroatoms. The van der Waals surface area contributed by atoms with Crippen molar-refractivity contribution in [1.29, 1.82) is 0 Å². The van der Waals surface area contributed by atoms with Gasteiger partial charge in [-0.05, 0) is 24.6 Å². The van der Waals surface area contributed by atoms with E-state index in [0.717, 1.165) is 29.8 Å². The highest BCUT2D eigenvalue weighted by molar-refractivity contribution is 7.99. The lowest BCUT2D eigenvalue weighted by Gasteiger charge is -2.35. The molecule has 1 aliphatic heterocycles. The second kappa shape index (κ2) is 8.43. The van der Waals surface area contributed by atoms with Crippen LogP contribution in [0, 0.1) is 6.92 Å². The maximum absolute atomic E-state index is 12.7. The molecule has 2 aromatic heterocycles. The number of benzene rings is 1. The van der Waals surface area contributed by atoms with Gasteiger partial charge in [0.1, 0.15) is 5.82 Å². The number of amides is 1. The first-order chi connectivity index (χ1) is 13.7. The molecule has 7 nitrogen and oxygen atoms in total. The van der Waals surface area contributed by atoms with Gasteiger partial charge < -0.3 is 9.80 Å². The Morgan fingerprint density at radius 1 is 1.11 bits per heavy atom. The highest BCUT2D eigenvalue weighted by Gasteiger charge is 2.22. The van der Waals surface area contributed by atoms with Crippen molar-refractivity contribution in [2.45, 2.75) is 12.1 Å². The lowest BCUT2D eigenvalue weighted by molar-refractivity contribution is -0.128. The van der Waals surface area contributed by atoms with Gasteiger partial charge >= 0.3 is 0 Å². The summed E-state index contributed by atoms with van der Waals surface area (Å²) >= 11 is 1.48. The smallest absolute Gasteiger partial charge is 0.233 e. The summed E-state index contributed by atoms with van der Waals surface area (Å²) in [5.41, 5.74) is 2.25. The Bertz CT molecular complexity index is 937. The Balaban J connectivity index is 1.33. The monoisotopic (exact) mass is 394 g/mol. The Morgan fingerprint density at radius 3 is 2.71 bits per heavy atom. The van der Waals surface area contributed by atoms with Crippen molar-refractivity contribution in [1.82, 2.24) is 24.4 Å². The van der Waals surface area contributed by atoms with E-state index in [1.54, 1.807) is 24.8 Å². The quantitative estimate of drug-likeness (QED) is 0.619. The summed E-state index contributed by atoms with van der Waals surface area (Å²) in [4.78, 5) is 29.6. The fourth-order valence-corrected chi connectivity index (χ4v) is 4.10. The molecule has 1 amide bonds. The molecule has 28 heavy (non-hydrogen) atoms. The molecular formula is C20H22N6OS. The number of carbonyl (C=O) groups excluding carboxylic acids is 1. The lowest BCUT2D eigenvalue weighted by Crippen LogP contribution is -2.49. The van der Waals surface area contributed by atoms with Crippen LogP contribution in [0.4, 0.5) is 5.82 Å². The SMILES string of the molecule is Cc1cccc(-n2ccnc2SCC(=O)N2CCN(c3cnccn3)CC2)c1. The molecule has 4 rings (SSSR count). The molecule has 0 saturated carbocycles. The molecule has 1 saturated heterocycles. The van der Waals surface area contributed by atoms with Gasteiger partial charge in [0.15, 0.2) is 5.16 Å². The Hall–Kier alpha value is -2.87. The summed E-state index contributed by atoms with van der Waals surface area (Å²) in [6.45, 7) is 5.00. The zero-order valence-corrected chi connectivity index (χ0v) is 16.5. The third kappa shape index (κ3) is 4.17. The van der Waals surface area contributed by atoms with Gasteiger partial charge in [0.2, 0.25) is 5.91 Å². The first kappa shape index (κ1) is 18.5. The number of nitrogens with zero attached hydrogens (tertiary/aromatic N) is 6. The molecule has 0 atom stereocenters. The molecule has 1 fully saturated rings. The number of aromatic nitrogens is 4. The number of piperazine rings is 1. The molecule has 3 heterocycles. The third-order valence-corrected chi connectivity index (χ3v) is 5.67. The Morgan fingerprint density at radius 2 is 1.96 bits per heavy atom. The normalized spacial score (nSPS) is 14.3. The largest absolute Gasteiger partial charge is 0.352 e. The van der Waals surface area contributed by atoms with Crippen LogP contribution >= 0.6 is 11.8 Å². The summed E-state index contributed by atoms with van der Waals surface area (Å²) in [6, 6.07) is 8.25. The molecule has 0 spiro atoms. The van der Waals surface area contributed by atoms with Crippen LogP contribution in [0.15, 0.2) is 60.4 Å². The van der Waals surface area contributed by atoms with E-state index in [0.29, 0.717) is 18.8 Å². The van der Waals surface area contributed by atoms with Gasteiger partial charge in [-0.25, -0.2) is 9.97 Å². The second-order valence-corrected chi connectivity index (χ2v) is 7.58. The minimum absolute atomic E-state index is 0.141. The minimum atomic E-state index is 0.141. The molecule has 3 aromatic rings. The zero-order chi connectivity index (χ0) is 19.3. The Labute approximate surface area is 168 Å². The van der Waals surface area contributed by atoms with Gasteiger partial charge in [0, 0.05) is 56.7 Å². The summed E-state index contributed by atoms with van der Waals surface area (Å²) in [5.74, 6) is 1.39. The van der Waals surface area contributed by atoms with E-state index in [1.807, 2.05) is 27.8 Å². The minimum Gasteiger partial charge on any atom is -0.352 e. The molecule has 0 aliphatic carbocycles. The van der Waals surface area contributed by atoms with E-state index in [9.17, 15) is 4.79 Å². The summed E-state index contributed by atoms with van der Waals surface area (Å²) < 4.78 is 2.02. The molecule has 1 aromatic carbocycles. The van der Waals surface area contributed by atoms with E-state index < -0.39 is 0 Å². The maximum Gasteiger partial charge on any atom is 0.233 e. The average molecular weight is 395 g/mol. The van der Waals surface area contributed by atoms with Crippen LogP contribution in [0.5, 0.6) is 0 Å². The number of imidazole rings is 1. The highest BCUT2D eigenvalue weighted by Crippen LogP contribution is 2.22. The number of thioether (sulfide) groups is 1. The number of hydrogen-bond acceptors (Lipinski definition) is 6. The molecular weight excluding hydrogens is 372 g/mol. The summed E-state index contributed by atoms with van der Waals surface area (Å²) in [5, 5.41) is 0.831. The van der Waals surface area contributed by atoms with Crippen LogP contribution in [0.2, 0.25) is 0 Å². The number of rotatable bonds is 5. The van der Waals surface area contributed by atoms with Crippen molar-refractivity contribution >= 4 is 23.5 Å². The van der Waals surface area contributed by atoms with Crippen LogP contribution in [0.1, 0.15) is 5.56 Å². The van der Waals surface area contributed by atoms with E-state index in [-0.39, 0.29) is 5.91 Å². The zero-order valence-electron chi connectivity index (χ0n) is 15.7. The van der Waals surface area contributed by atoms with Gasteiger partial charge in [-0.2, -0.15) is 0 Å². The van der Waals surface area contributed by atoms with Gasteiger partial charge in [-0.3, -0.25) is 14.3 Å². The summed E-state index contributed by atoms with van der Waals surface area (Å²) in [7, 11) is 0. The van der Waals surface area contributed by atoms with Gasteiger partial charge in [0.25, 0.3) is 0 Å². The number of anilines is 1. The number of aryl methyl sites for hydroxylation is 1. The van der Waals surface area contributed by atoms with Crippen LogP contribution < -0.4 is 4.90 Å². The Kier molecular flexibility index (Phi) is 5.57. The van der Waals surface area contributed by atoms with Crippen LogP contribution in [-0.2, 0) is 4.79 Å². The van der Waals surface area contributed by atoms with Gasteiger partial charge in [-0.15, -0.1) is 0 Å². The van der Waals surface area contributed by atoms with Crippen LogP contribution in [0.3, 0.4) is 0 Å². The maximum atomic E-state index is 12.7. The van der Waals surface area contributed by atoms with Crippen LogP contribution in [0.25, 0.3) is 5.69 Å². The van der Waals surface area contributed by atoms with Crippen molar-refractivity contribution in [3.8, 4) is 5.69 Å². The average Bonchev–Trinajstić information content (AvgIpc) is 3.21. The lowest BCUT2D eigenvalue weighted by atomic mass is 10.2. The molecule has 144 valence electrons. The van der Waals surface area contributed by atoms with Crippen molar-refractivity contribution in [3.05, 3.63) is 60.8 Å². The van der Waals surface area contributed by atoms with E-state index in [1.165, 1.54) is 17.3 Å². The van der Waals surface area contributed by atoms with E-state index in [2.05, 4.69) is 38.9 Å². The number of carbonyl (C=O) groups is 1. The predicted octanol–water partition coefficient (Wildman–Crippen LogP) is 2.41.